The number of rotatable bonds is 5. The first-order valence-electron chi connectivity index (χ1n) is 4.21. The molecule has 0 saturated heterocycles. The molecule has 0 saturated carbocycles. The van der Waals surface area contributed by atoms with Crippen LogP contribution in [0, 0.1) is 0 Å². The van der Waals surface area contributed by atoms with Gasteiger partial charge in [-0.2, -0.15) is 0 Å². The highest BCUT2D eigenvalue weighted by atomic mass is 128. The molecular formula is C9H14I2O. The van der Waals surface area contributed by atoms with Gasteiger partial charge >= 0.3 is 0 Å². The number of ether oxygens (including phenoxy) is 1. The van der Waals surface area contributed by atoms with E-state index in [1.54, 1.807) is 0 Å². The van der Waals surface area contributed by atoms with Gasteiger partial charge < -0.3 is 4.74 Å². The van der Waals surface area contributed by atoms with E-state index in [-0.39, 0.29) is 16.6 Å². The van der Waals surface area contributed by atoms with Crippen LogP contribution in [0.25, 0.3) is 0 Å². The van der Waals surface area contributed by atoms with Crippen LogP contribution in [0.4, 0.5) is 0 Å². The van der Waals surface area contributed by atoms with Crippen molar-refractivity contribution in [2.24, 2.45) is 0 Å². The Morgan fingerprint density at radius 3 is 3.00 bits per heavy atom. The summed E-state index contributed by atoms with van der Waals surface area (Å²) < 4.78 is 9.33. The molecule has 0 spiro atoms. The molecule has 1 aliphatic heterocycles. The molecule has 0 bridgehead atoms. The van der Waals surface area contributed by atoms with Crippen LogP contribution < -0.4 is 0 Å². The first-order valence-corrected chi connectivity index (χ1v) is 12.8. The Morgan fingerprint density at radius 1 is 1.42 bits per heavy atom. The maximum Gasteiger partial charge on any atom is 0.156 e. The van der Waals surface area contributed by atoms with Gasteiger partial charge in [0.15, 0.2) is 3.77 Å². The normalized spacial score (nSPS) is 15.9. The van der Waals surface area contributed by atoms with E-state index in [2.05, 4.69) is 23.2 Å². The van der Waals surface area contributed by atoms with E-state index in [1.165, 1.54) is 23.0 Å². The van der Waals surface area contributed by atoms with Gasteiger partial charge in [-0.1, -0.05) is 25.8 Å². The number of halogens is 2. The molecule has 12 heavy (non-hydrogen) atoms. The monoisotopic (exact) mass is 392 g/mol. The Morgan fingerprint density at radius 2 is 2.33 bits per heavy atom. The molecule has 1 nitrogen and oxygen atoms in total. The van der Waals surface area contributed by atoms with Crippen LogP contribution in [0.3, 0.4) is 0 Å². The molecule has 0 amide bonds. The molecule has 1 aliphatic rings. The molecule has 0 aliphatic carbocycles. The van der Waals surface area contributed by atoms with Crippen molar-refractivity contribution in [1.82, 2.24) is 0 Å². The molecule has 0 N–H and O–H groups in total. The highest BCUT2D eigenvalue weighted by molar-refractivity contribution is 14.8. The second kappa shape index (κ2) is 7.17. The molecule has 1 rings (SSSR count). The lowest BCUT2D eigenvalue weighted by molar-refractivity contribution is 0.236. The Bertz CT molecular complexity index is 207. The summed E-state index contributed by atoms with van der Waals surface area (Å²) in [6.45, 7) is 3.16. The van der Waals surface area contributed by atoms with Crippen LogP contribution >= 0.6 is 33.2 Å². The van der Waals surface area contributed by atoms with Gasteiger partial charge in [0.05, 0.1) is 6.61 Å². The first kappa shape index (κ1) is 10.8. The summed E-state index contributed by atoms with van der Waals surface area (Å²) in [4.78, 5) is 0. The maximum absolute atomic E-state index is 5.67. The summed E-state index contributed by atoms with van der Waals surface area (Å²) in [7, 11) is 0. The Kier molecular flexibility index (Phi) is 6.47. The fourth-order valence-corrected chi connectivity index (χ4v) is 7.45. The molecule has 0 fully saturated rings. The van der Waals surface area contributed by atoms with E-state index in [4.69, 9.17) is 4.74 Å². The molecule has 0 aromatic heterocycles. The molecular weight excluding hydrogens is 378 g/mol. The molecule has 0 atom stereocenters. The number of hydrogen-bond donors (Lipinski definition) is 0. The lowest BCUT2D eigenvalue weighted by Crippen LogP contribution is -1.90. The van der Waals surface area contributed by atoms with Crippen molar-refractivity contribution in [3.8, 4) is 0 Å². The second-order valence-corrected chi connectivity index (χ2v) is 11.1. The van der Waals surface area contributed by atoms with Crippen LogP contribution in [0.2, 0.25) is 0 Å². The molecule has 0 aromatic rings. The summed E-state index contributed by atoms with van der Waals surface area (Å²) >= 11 is 0.673. The van der Waals surface area contributed by atoms with E-state index in [0.29, 0.717) is 16.6 Å². The minimum absolute atomic E-state index is 0.289. The van der Waals surface area contributed by atoms with Crippen molar-refractivity contribution < 1.29 is 4.74 Å². The molecule has 0 radical (unpaired) electrons. The number of unbranched alkanes of at least 4 members (excludes halogenated alkanes) is 2. The van der Waals surface area contributed by atoms with Gasteiger partial charge in [-0.25, -0.2) is 0 Å². The van der Waals surface area contributed by atoms with E-state index < -0.39 is 0 Å². The van der Waals surface area contributed by atoms with Crippen molar-refractivity contribution in [3.63, 3.8) is 0 Å². The van der Waals surface area contributed by atoms with E-state index in [9.17, 15) is 0 Å². The fraction of sp³-hybridized carbons (Fsp3) is 0.556. The standard InChI is InChI=1S/C9H14I2O/c1-2-3-4-8-12-9-6-5-7-10-11-9/h5-7H,2-4,8H2,1H3. The largest absolute Gasteiger partial charge is 0.488 e. The second-order valence-electron chi connectivity index (χ2n) is 2.50. The molecule has 3 heteroatoms. The van der Waals surface area contributed by atoms with Crippen LogP contribution in [0.1, 0.15) is 26.2 Å². The van der Waals surface area contributed by atoms with Crippen LogP contribution in [0.5, 0.6) is 0 Å². The Labute approximate surface area is 89.9 Å². The topological polar surface area (TPSA) is 9.23 Å². The third-order valence-corrected chi connectivity index (χ3v) is 9.54. The van der Waals surface area contributed by atoms with Gasteiger partial charge in [0.1, 0.15) is 0 Å². The lowest BCUT2D eigenvalue weighted by atomic mass is 10.3. The van der Waals surface area contributed by atoms with Gasteiger partial charge in [-0.05, 0) is 49.8 Å². The van der Waals surface area contributed by atoms with E-state index in [0.717, 1.165) is 6.61 Å². The lowest BCUT2D eigenvalue weighted by Gasteiger charge is -2.05. The zero-order chi connectivity index (χ0) is 8.65. The van der Waals surface area contributed by atoms with Crippen molar-refractivity contribution in [2.45, 2.75) is 26.2 Å². The zero-order valence-corrected chi connectivity index (χ0v) is 11.5. The highest BCUT2D eigenvalue weighted by Gasteiger charge is 1.94. The van der Waals surface area contributed by atoms with Crippen molar-refractivity contribution in [2.75, 3.05) is 6.61 Å². The first-order chi connectivity index (χ1) is 5.93. The zero-order valence-electron chi connectivity index (χ0n) is 7.22. The molecule has 70 valence electrons. The number of allylic oxidation sites excluding steroid dienone is 2. The van der Waals surface area contributed by atoms with Gasteiger partial charge in [0.25, 0.3) is 0 Å². The third-order valence-electron chi connectivity index (χ3n) is 1.45. The predicted molar refractivity (Wildman–Crippen MR) is 70.7 cm³/mol. The summed E-state index contributed by atoms with van der Waals surface area (Å²) in [5.41, 5.74) is 0. The Hall–Kier alpha value is 0.740. The van der Waals surface area contributed by atoms with E-state index in [1.807, 2.05) is 0 Å². The third kappa shape index (κ3) is 4.69. The van der Waals surface area contributed by atoms with Gasteiger partial charge in [0.2, 0.25) is 0 Å². The van der Waals surface area contributed by atoms with Gasteiger partial charge in [-0.3, -0.25) is 0 Å². The smallest absolute Gasteiger partial charge is 0.156 e. The molecule has 0 unspecified atom stereocenters. The van der Waals surface area contributed by atoms with Gasteiger partial charge in [-0.15, -0.1) is 0 Å². The van der Waals surface area contributed by atoms with Crippen molar-refractivity contribution in [3.05, 3.63) is 20.0 Å². The molecule has 0 aromatic carbocycles. The fourth-order valence-electron chi connectivity index (χ4n) is 0.818. The maximum atomic E-state index is 5.67. The number of hydrogen-bond acceptors (Lipinski definition) is 1. The average Bonchev–Trinajstić information content (AvgIpc) is 2.14. The Balaban J connectivity index is 2.11. The minimum Gasteiger partial charge on any atom is -0.488 e. The van der Waals surface area contributed by atoms with Crippen molar-refractivity contribution >= 4 is 33.2 Å². The van der Waals surface area contributed by atoms with E-state index >= 15 is 0 Å². The quantitative estimate of drug-likeness (QED) is 0.498. The van der Waals surface area contributed by atoms with Crippen LogP contribution in [0.15, 0.2) is 20.0 Å². The van der Waals surface area contributed by atoms with Crippen LogP contribution in [-0.2, 0) is 4.74 Å². The summed E-state index contributed by atoms with van der Waals surface area (Å²) in [6, 6.07) is 0. The minimum atomic E-state index is 0.289. The van der Waals surface area contributed by atoms with Crippen LogP contribution in [-0.4, -0.2) is 6.61 Å². The summed E-state index contributed by atoms with van der Waals surface area (Å²) in [5, 5.41) is 0. The average molecular weight is 392 g/mol. The predicted octanol–water partition coefficient (Wildman–Crippen LogP) is 4.42. The summed E-state index contributed by atoms with van der Waals surface area (Å²) in [6.07, 6.45) is 8.12. The summed E-state index contributed by atoms with van der Waals surface area (Å²) in [5.74, 6) is 0. The highest BCUT2D eigenvalue weighted by Crippen LogP contribution is 2.32. The van der Waals surface area contributed by atoms with Gasteiger partial charge in [0, 0.05) is 0 Å². The molecule has 1 heterocycles. The van der Waals surface area contributed by atoms with Crippen molar-refractivity contribution in [1.29, 1.82) is 0 Å². The SMILES string of the molecule is CCCCCOC1=CC=CI=I1.